The molecule has 11 heteroatoms. The Morgan fingerprint density at radius 2 is 1.79 bits per heavy atom. The zero-order valence-corrected chi connectivity index (χ0v) is 26.6. The summed E-state index contributed by atoms with van der Waals surface area (Å²) in [6.07, 6.45) is 1.17. The van der Waals surface area contributed by atoms with E-state index in [2.05, 4.69) is 0 Å². The van der Waals surface area contributed by atoms with Gasteiger partial charge in [-0.3, -0.25) is 4.79 Å². The maximum atomic E-state index is 13.0. The molecule has 1 atom stereocenters. The molecule has 0 spiro atoms. The van der Waals surface area contributed by atoms with Crippen molar-refractivity contribution in [3.8, 4) is 11.1 Å². The van der Waals surface area contributed by atoms with Crippen molar-refractivity contribution in [2.75, 3.05) is 13.2 Å². The van der Waals surface area contributed by atoms with Crippen LogP contribution in [0.15, 0.2) is 59.9 Å². The van der Waals surface area contributed by atoms with E-state index in [9.17, 15) is 24.6 Å². The second kappa shape index (κ2) is 12.8. The second-order valence-corrected chi connectivity index (χ2v) is 8.98. The van der Waals surface area contributed by atoms with E-state index in [0.717, 1.165) is 22.6 Å². The van der Waals surface area contributed by atoms with Gasteiger partial charge in [-0.05, 0) is 29.7 Å². The number of esters is 1. The van der Waals surface area contributed by atoms with E-state index in [4.69, 9.17) is 9.72 Å². The molecule has 39 heavy (non-hydrogen) atoms. The molecule has 0 saturated carbocycles. The minimum Gasteiger partial charge on any atom is -1.00 e. The smallest absolute Gasteiger partial charge is 1.00 e. The Balaban J connectivity index is 0.00000210. The van der Waals surface area contributed by atoms with E-state index in [-0.39, 0.29) is 85.5 Å². The molecule has 0 saturated heterocycles. The first-order valence-corrected chi connectivity index (χ1v) is 12.3. The van der Waals surface area contributed by atoms with Crippen molar-refractivity contribution in [1.29, 1.82) is 0 Å². The topological polar surface area (TPSA) is 122 Å². The molecule has 2 N–H and O–H groups in total. The minimum absolute atomic E-state index is 0. The number of rotatable bonds is 7. The molecule has 194 valence electrons. The Morgan fingerprint density at radius 3 is 2.44 bits per heavy atom. The van der Waals surface area contributed by atoms with Gasteiger partial charge in [0.25, 0.3) is 5.91 Å². The number of aliphatic hydroxyl groups excluding tert-OH is 1. The summed E-state index contributed by atoms with van der Waals surface area (Å²) in [5.41, 5.74) is 3.80. The summed E-state index contributed by atoms with van der Waals surface area (Å²) < 4.78 is 7.02. The summed E-state index contributed by atoms with van der Waals surface area (Å²) in [7, 11) is 0. The fraction of sp³-hybridized carbons (Fsp3) is 0.286. The number of imidazole rings is 1. The zero-order valence-electron chi connectivity index (χ0n) is 24.6. The third-order valence-electron chi connectivity index (χ3n) is 6.87. The van der Waals surface area contributed by atoms with Crippen LogP contribution in [0.5, 0.6) is 0 Å². The summed E-state index contributed by atoms with van der Waals surface area (Å²) in [4.78, 5) is 43.4. The van der Waals surface area contributed by atoms with Crippen LogP contribution in [-0.2, 0) is 33.7 Å². The first-order valence-electron chi connectivity index (χ1n) is 12.3. The van der Waals surface area contributed by atoms with E-state index in [1.54, 1.807) is 31.2 Å². The van der Waals surface area contributed by atoms with Crippen molar-refractivity contribution < 1.29 is 91.3 Å². The van der Waals surface area contributed by atoms with Gasteiger partial charge in [0.2, 0.25) is 0 Å². The Bertz CT molecular complexity index is 1460. The molecule has 0 radical (unpaired) electrons. The average molecular weight is 550 g/mol. The van der Waals surface area contributed by atoms with Crippen molar-refractivity contribution in [3.05, 3.63) is 88.2 Å². The Morgan fingerprint density at radius 1 is 1.10 bits per heavy atom. The maximum absolute atomic E-state index is 13.0. The van der Waals surface area contributed by atoms with Gasteiger partial charge in [0.1, 0.15) is 17.6 Å². The summed E-state index contributed by atoms with van der Waals surface area (Å²) in [6, 6.07) is 13.7. The van der Waals surface area contributed by atoms with Crippen LogP contribution < -0.4 is 59.1 Å². The number of ether oxygens (including phenoxy) is 1. The van der Waals surface area contributed by atoms with E-state index in [1.807, 2.05) is 35.8 Å². The van der Waals surface area contributed by atoms with E-state index >= 15 is 0 Å². The standard InChI is InChI=1S/C28H27N3O6.2Na.2H/c1-3-21-29-20-13-14-30-24(25(32)22(26(30)33)28(36)37-4-2)23(20)31(21)15-16-9-11-17(12-10-16)18-7-5-6-8-19(18)27(34)35;;;;/h5-12,24,32H,3-4,13-15H2,1-2H3,(H,34,35);;;;/q;2*+1;2*-1. The normalized spacial score (nSPS) is 15.7. The van der Waals surface area contributed by atoms with Gasteiger partial charge in [-0.1, -0.05) is 49.4 Å². The first-order chi connectivity index (χ1) is 17.8. The van der Waals surface area contributed by atoms with Crippen LogP contribution in [0.2, 0.25) is 0 Å². The fourth-order valence-corrected chi connectivity index (χ4v) is 5.18. The zero-order chi connectivity index (χ0) is 26.3. The maximum Gasteiger partial charge on any atom is 1.00 e. The number of aliphatic hydroxyl groups is 1. The number of carbonyl (C=O) groups is 3. The van der Waals surface area contributed by atoms with Crippen molar-refractivity contribution >= 4 is 17.8 Å². The number of carboxylic acid groups (broad SMARTS) is 1. The summed E-state index contributed by atoms with van der Waals surface area (Å²) >= 11 is 0. The van der Waals surface area contributed by atoms with Gasteiger partial charge in [0.05, 0.1) is 23.6 Å². The number of aromatic nitrogens is 2. The van der Waals surface area contributed by atoms with Crippen molar-refractivity contribution in [2.45, 2.75) is 39.3 Å². The quantitative estimate of drug-likeness (QED) is 0.197. The number of aryl methyl sites for hydroxylation is 1. The van der Waals surface area contributed by atoms with Crippen LogP contribution in [0.1, 0.15) is 55.9 Å². The van der Waals surface area contributed by atoms with Gasteiger partial charge >= 0.3 is 71.1 Å². The summed E-state index contributed by atoms with van der Waals surface area (Å²) in [6.45, 7) is 4.53. The van der Waals surface area contributed by atoms with E-state index in [0.29, 0.717) is 37.2 Å². The van der Waals surface area contributed by atoms with Crippen LogP contribution in [0, 0.1) is 0 Å². The molecule has 1 unspecified atom stereocenters. The Hall–Kier alpha value is -2.40. The second-order valence-electron chi connectivity index (χ2n) is 8.98. The molecular weight excluding hydrogens is 520 g/mol. The Kier molecular flexibility index (Phi) is 10.3. The monoisotopic (exact) mass is 549 g/mol. The average Bonchev–Trinajstić information content (AvgIpc) is 3.38. The molecule has 1 amide bonds. The number of fused-ring (bicyclic) bond motifs is 3. The molecule has 2 aliphatic heterocycles. The van der Waals surface area contributed by atoms with Crippen LogP contribution in [0.4, 0.5) is 0 Å². The molecule has 2 aliphatic rings. The van der Waals surface area contributed by atoms with Crippen molar-refractivity contribution in [1.82, 2.24) is 14.5 Å². The third kappa shape index (κ3) is 5.62. The number of carbonyl (C=O) groups excluding carboxylic acids is 2. The summed E-state index contributed by atoms with van der Waals surface area (Å²) in [5.74, 6) is -1.81. The third-order valence-corrected chi connectivity index (χ3v) is 6.87. The molecule has 5 rings (SSSR count). The van der Waals surface area contributed by atoms with Crippen molar-refractivity contribution in [2.24, 2.45) is 0 Å². The van der Waals surface area contributed by atoms with E-state index < -0.39 is 23.9 Å². The van der Waals surface area contributed by atoms with Gasteiger partial charge in [0, 0.05) is 25.9 Å². The van der Waals surface area contributed by atoms with Crippen LogP contribution in [0.3, 0.4) is 0 Å². The number of nitrogens with zero attached hydrogens (tertiary/aromatic N) is 3. The molecule has 0 fully saturated rings. The number of hydrogen-bond donors (Lipinski definition) is 2. The van der Waals surface area contributed by atoms with E-state index in [1.165, 1.54) is 4.90 Å². The van der Waals surface area contributed by atoms with Crippen LogP contribution >= 0.6 is 0 Å². The van der Waals surface area contributed by atoms with Gasteiger partial charge in [-0.15, -0.1) is 0 Å². The number of amides is 1. The molecule has 3 aromatic rings. The number of hydrogen-bond acceptors (Lipinski definition) is 6. The number of aromatic carboxylic acids is 1. The van der Waals surface area contributed by atoms with Gasteiger partial charge in [-0.25, -0.2) is 14.6 Å². The largest absolute Gasteiger partial charge is 1.00 e. The molecule has 0 bridgehead atoms. The van der Waals surface area contributed by atoms with Crippen LogP contribution in [-0.4, -0.2) is 55.7 Å². The van der Waals surface area contributed by atoms with Gasteiger partial charge < -0.3 is 27.3 Å². The molecule has 0 aliphatic carbocycles. The van der Waals surface area contributed by atoms with Gasteiger partial charge in [-0.2, -0.15) is 0 Å². The predicted octanol–water partition coefficient (Wildman–Crippen LogP) is -2.09. The van der Waals surface area contributed by atoms with Gasteiger partial charge in [0.15, 0.2) is 5.57 Å². The molecule has 2 aromatic carbocycles. The minimum atomic E-state index is -0.983. The predicted molar refractivity (Wildman–Crippen MR) is 136 cm³/mol. The molecule has 1 aromatic heterocycles. The number of benzene rings is 2. The van der Waals surface area contributed by atoms with Crippen LogP contribution in [0.25, 0.3) is 11.1 Å². The molecule has 3 heterocycles. The molecule has 9 nitrogen and oxygen atoms in total. The molecular formula is C28H29N3Na2O6. The summed E-state index contributed by atoms with van der Waals surface area (Å²) in [5, 5.41) is 20.6. The first kappa shape index (κ1) is 31.1. The van der Waals surface area contributed by atoms with Crippen molar-refractivity contribution in [3.63, 3.8) is 0 Å². The SMILES string of the molecule is CCOC(=O)C1=C(O)C2c3c(nc(CC)n3Cc3ccc(-c4ccccc4C(=O)O)cc3)CCN2C1=O.[H-].[H-].[Na+].[Na+]. The Labute approximate surface area is 273 Å². The fourth-order valence-electron chi connectivity index (χ4n) is 5.18. The number of carboxylic acids is 1.